The molecule has 0 aromatic carbocycles. The van der Waals surface area contributed by atoms with Crippen LogP contribution in [-0.4, -0.2) is 25.5 Å². The van der Waals surface area contributed by atoms with Gasteiger partial charge in [-0.15, -0.1) is 0 Å². The molecule has 0 aromatic rings. The van der Waals surface area contributed by atoms with Crippen molar-refractivity contribution in [1.82, 2.24) is 4.90 Å². The molecule has 0 atom stereocenters. The fourth-order valence-corrected chi connectivity index (χ4v) is 0.959. The summed E-state index contributed by atoms with van der Waals surface area (Å²) in [5.41, 5.74) is 0. The van der Waals surface area contributed by atoms with Crippen LogP contribution in [0.25, 0.3) is 0 Å². The monoisotopic (exact) mass is 205 g/mol. The summed E-state index contributed by atoms with van der Waals surface area (Å²) in [4.78, 5) is 2.14. The predicted molar refractivity (Wildman–Crippen MR) is 39.9 cm³/mol. The van der Waals surface area contributed by atoms with E-state index in [1.807, 2.05) is 0 Å². The van der Waals surface area contributed by atoms with Crippen molar-refractivity contribution in [3.05, 3.63) is 7.05 Å². The third-order valence-corrected chi connectivity index (χ3v) is 1.45. The van der Waals surface area contributed by atoms with Crippen molar-refractivity contribution in [2.24, 2.45) is 0 Å². The number of hydrogen-bond donors (Lipinski definition) is 0. The van der Waals surface area contributed by atoms with Crippen LogP contribution < -0.4 is 51.4 Å². The van der Waals surface area contributed by atoms with Crippen LogP contribution in [0.15, 0.2) is 0 Å². The molecule has 6 heteroatoms. The molecule has 0 spiro atoms. The van der Waals surface area contributed by atoms with Gasteiger partial charge in [0.1, 0.15) is 0 Å². The fourth-order valence-electron chi connectivity index (χ4n) is 0.959. The summed E-state index contributed by atoms with van der Waals surface area (Å²) in [6.45, 7) is 2.42. The third-order valence-electron chi connectivity index (χ3n) is 1.45. The first kappa shape index (κ1) is 15.9. The zero-order chi connectivity index (χ0) is 8.69. The Morgan fingerprint density at radius 1 is 1.00 bits per heavy atom. The van der Waals surface area contributed by atoms with Crippen molar-refractivity contribution < 1.29 is 64.3 Å². The Morgan fingerprint density at radius 2 is 1.33 bits per heavy atom. The number of nitrogens with zero attached hydrogens (tertiary/aromatic N) is 1. The quantitative estimate of drug-likeness (QED) is 0.367. The smallest absolute Gasteiger partial charge is 0.459 e. The van der Waals surface area contributed by atoms with Crippen LogP contribution in [0.5, 0.6) is 0 Å². The normalized spacial score (nSPS) is 17.0. The van der Waals surface area contributed by atoms with E-state index < -0.39 is 7.54 Å². The van der Waals surface area contributed by atoms with Gasteiger partial charge in [-0.3, -0.25) is 20.0 Å². The van der Waals surface area contributed by atoms with E-state index in [9.17, 15) is 12.9 Å². The summed E-state index contributed by atoms with van der Waals surface area (Å²) in [5.74, 6) is 0. The van der Waals surface area contributed by atoms with E-state index in [-0.39, 0.29) is 51.4 Å². The molecule has 0 amide bonds. The molecule has 12 heavy (non-hydrogen) atoms. The molecule has 1 heterocycles. The largest absolute Gasteiger partial charge is 1.00 e. The molecule has 0 radical (unpaired) electrons. The Labute approximate surface area is 115 Å². The molecule has 1 rings (SSSR count). The second kappa shape index (κ2) is 10.5. The maximum absolute atomic E-state index is 9.67. The van der Waals surface area contributed by atoms with E-state index in [0.29, 0.717) is 0 Å². The first-order valence-electron chi connectivity index (χ1n) is 3.60. The maximum Gasteiger partial charge on any atom is 1.00 e. The molecule has 0 unspecified atom stereocenters. The molecule has 66 valence electrons. The standard InChI is InChI=1S/C6H12N.BF3.K/c1-7-5-3-2-4-6-7;2-1(3)4;/h1-6H2;;/q-1;;+1. The molecular weight excluding hydrogens is 193 g/mol. The average molecular weight is 205 g/mol. The molecule has 1 saturated heterocycles. The van der Waals surface area contributed by atoms with Crippen LogP contribution in [-0.2, 0) is 0 Å². The minimum Gasteiger partial charge on any atom is -0.459 e. The van der Waals surface area contributed by atoms with Gasteiger partial charge in [0, 0.05) is 0 Å². The topological polar surface area (TPSA) is 3.24 Å². The Kier molecular flexibility index (Phi) is 14.0. The summed E-state index contributed by atoms with van der Waals surface area (Å²) >= 11 is 0. The number of halogens is 3. The SMILES string of the molecule is FB(F)F.[CH2-]N1CCCCC1.[K+]. The summed E-state index contributed by atoms with van der Waals surface area (Å²) in [6, 6.07) is 0. The molecule has 0 bridgehead atoms. The van der Waals surface area contributed by atoms with Crippen molar-refractivity contribution in [2.75, 3.05) is 13.1 Å². The van der Waals surface area contributed by atoms with Crippen LogP contribution in [0.3, 0.4) is 0 Å². The second-order valence-corrected chi connectivity index (χ2v) is 2.43. The summed E-state index contributed by atoms with van der Waals surface area (Å²) in [6.07, 6.45) is 4.11. The Morgan fingerprint density at radius 3 is 1.50 bits per heavy atom. The number of hydrogen-bond acceptors (Lipinski definition) is 1. The van der Waals surface area contributed by atoms with Crippen LogP contribution in [0.1, 0.15) is 19.3 Å². The van der Waals surface area contributed by atoms with Crippen molar-refractivity contribution in [3.63, 3.8) is 0 Å². The van der Waals surface area contributed by atoms with Gasteiger partial charge in [-0.1, -0.05) is 6.42 Å². The summed E-state index contributed by atoms with van der Waals surface area (Å²) < 4.78 is 29.0. The van der Waals surface area contributed by atoms with Gasteiger partial charge in [-0.2, -0.15) is 0 Å². The van der Waals surface area contributed by atoms with Crippen LogP contribution in [0.2, 0.25) is 0 Å². The van der Waals surface area contributed by atoms with E-state index in [1.165, 1.54) is 32.4 Å². The van der Waals surface area contributed by atoms with Crippen LogP contribution in [0.4, 0.5) is 12.9 Å². The first-order valence-corrected chi connectivity index (χ1v) is 3.60. The average Bonchev–Trinajstić information content (AvgIpc) is 1.87. The van der Waals surface area contributed by atoms with E-state index in [0.717, 1.165) is 0 Å². The molecule has 0 aromatic heterocycles. The molecule has 1 aliphatic rings. The van der Waals surface area contributed by atoms with Gasteiger partial charge < -0.3 is 4.90 Å². The third kappa shape index (κ3) is 14.0. The Hall–Kier alpha value is 1.45. The van der Waals surface area contributed by atoms with E-state index in [1.54, 1.807) is 0 Å². The summed E-state index contributed by atoms with van der Waals surface area (Å²) in [7, 11) is 0.164. The van der Waals surface area contributed by atoms with Crippen molar-refractivity contribution in [2.45, 2.75) is 19.3 Å². The Balaban J connectivity index is 0. The van der Waals surface area contributed by atoms with Gasteiger partial charge >= 0.3 is 58.9 Å². The van der Waals surface area contributed by atoms with Crippen molar-refractivity contribution >= 4 is 7.54 Å². The zero-order valence-electron chi connectivity index (χ0n) is 7.40. The van der Waals surface area contributed by atoms with Gasteiger partial charge in [-0.25, -0.2) is 0 Å². The number of rotatable bonds is 0. The second-order valence-electron chi connectivity index (χ2n) is 2.43. The molecular formula is C6H12BF3KN. The molecule has 1 nitrogen and oxygen atoms in total. The van der Waals surface area contributed by atoms with Gasteiger partial charge in [0.2, 0.25) is 0 Å². The molecule has 0 aliphatic carbocycles. The first-order chi connectivity index (χ1) is 5.13. The van der Waals surface area contributed by atoms with E-state index in [4.69, 9.17) is 0 Å². The summed E-state index contributed by atoms with van der Waals surface area (Å²) in [5, 5.41) is 0. The van der Waals surface area contributed by atoms with Crippen molar-refractivity contribution in [3.8, 4) is 0 Å². The molecule has 0 N–H and O–H groups in total. The number of piperidine rings is 1. The van der Waals surface area contributed by atoms with E-state index in [2.05, 4.69) is 11.9 Å². The Bertz CT molecular complexity index is 88.1. The van der Waals surface area contributed by atoms with Crippen LogP contribution in [0, 0.1) is 7.05 Å². The van der Waals surface area contributed by atoms with Crippen LogP contribution >= 0.6 is 0 Å². The molecule has 0 saturated carbocycles. The van der Waals surface area contributed by atoms with Crippen molar-refractivity contribution in [1.29, 1.82) is 0 Å². The van der Waals surface area contributed by atoms with Gasteiger partial charge in [0.15, 0.2) is 0 Å². The van der Waals surface area contributed by atoms with Gasteiger partial charge in [-0.05, 0) is 25.9 Å². The minimum absolute atomic E-state index is 0. The maximum atomic E-state index is 9.67. The molecule has 1 fully saturated rings. The number of likely N-dealkylation sites (tertiary alicyclic amines) is 1. The minimum atomic E-state index is -3.67. The predicted octanol–water partition coefficient (Wildman–Crippen LogP) is -0.852. The van der Waals surface area contributed by atoms with E-state index >= 15 is 0 Å². The zero-order valence-corrected chi connectivity index (χ0v) is 10.5. The van der Waals surface area contributed by atoms with Gasteiger partial charge in [0.25, 0.3) is 0 Å². The fraction of sp³-hybridized carbons (Fsp3) is 0.833. The van der Waals surface area contributed by atoms with Gasteiger partial charge in [0.05, 0.1) is 0 Å². The molecule has 1 aliphatic heterocycles.